The lowest BCUT2D eigenvalue weighted by Gasteiger charge is -2.31. The summed E-state index contributed by atoms with van der Waals surface area (Å²) in [6.07, 6.45) is -0.675. The summed E-state index contributed by atoms with van der Waals surface area (Å²) in [7, 11) is 0. The van der Waals surface area contributed by atoms with Crippen LogP contribution < -0.4 is 16.8 Å². The molecule has 7 heteroatoms. The van der Waals surface area contributed by atoms with E-state index in [2.05, 4.69) is 5.32 Å². The summed E-state index contributed by atoms with van der Waals surface area (Å²) in [4.78, 5) is 22.6. The van der Waals surface area contributed by atoms with Gasteiger partial charge < -0.3 is 26.3 Å². The van der Waals surface area contributed by atoms with Crippen LogP contribution in [0.1, 0.15) is 24.8 Å². The molecule has 0 aliphatic heterocycles. The lowest BCUT2D eigenvalue weighted by molar-refractivity contribution is 0.00781. The number of rotatable bonds is 4. The van der Waals surface area contributed by atoms with Gasteiger partial charge in [-0.2, -0.15) is 0 Å². The van der Waals surface area contributed by atoms with Crippen molar-refractivity contribution in [2.75, 3.05) is 0 Å². The van der Waals surface area contributed by atoms with Crippen LogP contribution in [0, 0.1) is 0 Å². The van der Waals surface area contributed by atoms with Crippen molar-refractivity contribution in [2.45, 2.75) is 44.1 Å². The number of ether oxygens (including phenoxy) is 2. The molecule has 0 spiro atoms. The van der Waals surface area contributed by atoms with Crippen molar-refractivity contribution in [3.8, 4) is 0 Å². The van der Waals surface area contributed by atoms with Crippen molar-refractivity contribution in [1.29, 1.82) is 0 Å². The fraction of sp³-hybridized carbons (Fsp3) is 0.467. The van der Waals surface area contributed by atoms with Gasteiger partial charge in [-0.05, 0) is 18.4 Å². The van der Waals surface area contributed by atoms with E-state index in [4.69, 9.17) is 20.9 Å². The Kier molecular flexibility index (Phi) is 5.60. The predicted octanol–water partition coefficient (Wildman–Crippen LogP) is 1.26. The third-order valence-corrected chi connectivity index (χ3v) is 3.49. The highest BCUT2D eigenvalue weighted by Gasteiger charge is 2.31. The predicted molar refractivity (Wildman–Crippen MR) is 79.8 cm³/mol. The molecule has 1 fully saturated rings. The second-order valence-corrected chi connectivity index (χ2v) is 5.39. The van der Waals surface area contributed by atoms with E-state index >= 15 is 0 Å². The number of benzene rings is 1. The van der Waals surface area contributed by atoms with Crippen LogP contribution in [0.3, 0.4) is 0 Å². The van der Waals surface area contributed by atoms with E-state index in [1.165, 1.54) is 0 Å². The minimum atomic E-state index is -0.841. The molecule has 5 N–H and O–H groups in total. The molecule has 1 aliphatic carbocycles. The minimum Gasteiger partial charge on any atom is -0.446 e. The summed E-state index contributed by atoms with van der Waals surface area (Å²) in [5, 5.41) is 2.68. The maximum Gasteiger partial charge on any atom is 0.407 e. The molecule has 3 unspecified atom stereocenters. The SMILES string of the molecule is NC(=O)OC1CC(N)CC(OC(=O)NCc2ccccc2)C1. The lowest BCUT2D eigenvalue weighted by atomic mass is 9.91. The Balaban J connectivity index is 1.78. The van der Waals surface area contributed by atoms with Crippen LogP contribution in [0.5, 0.6) is 0 Å². The molecule has 1 aromatic carbocycles. The molecule has 2 amide bonds. The number of carbonyl (C=O) groups is 2. The summed E-state index contributed by atoms with van der Waals surface area (Å²) in [6.45, 7) is 0.389. The zero-order chi connectivity index (χ0) is 15.9. The molecule has 3 atom stereocenters. The van der Waals surface area contributed by atoms with Crippen molar-refractivity contribution in [3.63, 3.8) is 0 Å². The van der Waals surface area contributed by atoms with Gasteiger partial charge in [0.1, 0.15) is 12.2 Å². The van der Waals surface area contributed by atoms with Crippen LogP contribution >= 0.6 is 0 Å². The Morgan fingerprint density at radius 1 is 1.09 bits per heavy atom. The summed E-state index contributed by atoms with van der Waals surface area (Å²) in [6, 6.07) is 9.33. The third kappa shape index (κ3) is 5.25. The molecule has 22 heavy (non-hydrogen) atoms. The maximum absolute atomic E-state index is 11.8. The number of nitrogens with one attached hydrogen (secondary N) is 1. The highest BCUT2D eigenvalue weighted by molar-refractivity contribution is 5.67. The number of alkyl carbamates (subject to hydrolysis) is 1. The Bertz CT molecular complexity index is 509. The Morgan fingerprint density at radius 2 is 1.73 bits per heavy atom. The normalized spacial score (nSPS) is 24.3. The minimum absolute atomic E-state index is 0.190. The molecule has 0 radical (unpaired) electrons. The lowest BCUT2D eigenvalue weighted by Crippen LogP contribution is -2.43. The quantitative estimate of drug-likeness (QED) is 0.774. The van der Waals surface area contributed by atoms with E-state index < -0.39 is 18.3 Å². The highest BCUT2D eigenvalue weighted by atomic mass is 16.6. The van der Waals surface area contributed by atoms with Crippen LogP contribution in [0.25, 0.3) is 0 Å². The molecule has 7 nitrogen and oxygen atoms in total. The van der Waals surface area contributed by atoms with Gasteiger partial charge in [-0.15, -0.1) is 0 Å². The Hall–Kier alpha value is -2.28. The Morgan fingerprint density at radius 3 is 2.36 bits per heavy atom. The van der Waals surface area contributed by atoms with Crippen molar-refractivity contribution < 1.29 is 19.1 Å². The van der Waals surface area contributed by atoms with Crippen molar-refractivity contribution in [2.24, 2.45) is 11.5 Å². The molecule has 120 valence electrons. The Labute approximate surface area is 128 Å². The average Bonchev–Trinajstić information content (AvgIpc) is 2.45. The molecule has 1 aliphatic rings. The first kappa shape index (κ1) is 16.1. The van der Waals surface area contributed by atoms with Gasteiger partial charge in [-0.3, -0.25) is 0 Å². The molecule has 0 saturated heterocycles. The topological polar surface area (TPSA) is 117 Å². The summed E-state index contributed by atoms with van der Waals surface area (Å²) in [5.41, 5.74) is 11.9. The molecule has 1 aromatic rings. The van der Waals surface area contributed by atoms with E-state index in [1.807, 2.05) is 30.3 Å². The van der Waals surface area contributed by atoms with Crippen molar-refractivity contribution in [3.05, 3.63) is 35.9 Å². The van der Waals surface area contributed by atoms with Gasteiger partial charge in [0.25, 0.3) is 0 Å². The summed E-state index contributed by atoms with van der Waals surface area (Å²) in [5.74, 6) is 0. The molecule has 0 bridgehead atoms. The second kappa shape index (κ2) is 7.65. The van der Waals surface area contributed by atoms with E-state index in [9.17, 15) is 9.59 Å². The largest absolute Gasteiger partial charge is 0.446 e. The van der Waals surface area contributed by atoms with Gasteiger partial charge in [-0.25, -0.2) is 9.59 Å². The number of hydrogen-bond acceptors (Lipinski definition) is 5. The zero-order valence-electron chi connectivity index (χ0n) is 12.2. The van der Waals surface area contributed by atoms with Crippen LogP contribution in [0.15, 0.2) is 30.3 Å². The van der Waals surface area contributed by atoms with E-state index in [-0.39, 0.29) is 12.1 Å². The van der Waals surface area contributed by atoms with Crippen LogP contribution in [0.4, 0.5) is 9.59 Å². The number of hydrogen-bond donors (Lipinski definition) is 3. The number of carbonyl (C=O) groups excluding carboxylic acids is 2. The summed E-state index contributed by atoms with van der Waals surface area (Å²) >= 11 is 0. The van der Waals surface area contributed by atoms with Gasteiger partial charge in [0.15, 0.2) is 0 Å². The number of amides is 2. The maximum atomic E-state index is 11.8. The van der Waals surface area contributed by atoms with Gasteiger partial charge in [-0.1, -0.05) is 30.3 Å². The van der Waals surface area contributed by atoms with E-state index in [0.29, 0.717) is 25.8 Å². The van der Waals surface area contributed by atoms with Crippen LogP contribution in [0.2, 0.25) is 0 Å². The van der Waals surface area contributed by atoms with Gasteiger partial charge in [0, 0.05) is 19.0 Å². The fourth-order valence-corrected chi connectivity index (χ4v) is 2.58. The fourth-order valence-electron chi connectivity index (χ4n) is 2.58. The molecule has 0 aromatic heterocycles. The number of nitrogens with two attached hydrogens (primary N) is 2. The standard InChI is InChI=1S/C15H21N3O4/c16-11-6-12(21-14(17)19)8-13(7-11)22-15(20)18-9-10-4-2-1-3-5-10/h1-5,11-13H,6-9,16H2,(H2,17,19)(H,18,20). The highest BCUT2D eigenvalue weighted by Crippen LogP contribution is 2.23. The van der Waals surface area contributed by atoms with Crippen LogP contribution in [-0.2, 0) is 16.0 Å². The van der Waals surface area contributed by atoms with E-state index in [1.54, 1.807) is 0 Å². The molecule has 1 saturated carbocycles. The second-order valence-electron chi connectivity index (χ2n) is 5.39. The molecular formula is C15H21N3O4. The van der Waals surface area contributed by atoms with Crippen LogP contribution in [-0.4, -0.2) is 30.4 Å². The van der Waals surface area contributed by atoms with Gasteiger partial charge >= 0.3 is 12.2 Å². The first-order valence-electron chi connectivity index (χ1n) is 7.23. The van der Waals surface area contributed by atoms with Crippen molar-refractivity contribution >= 4 is 12.2 Å². The first-order valence-corrected chi connectivity index (χ1v) is 7.23. The smallest absolute Gasteiger partial charge is 0.407 e. The van der Waals surface area contributed by atoms with Gasteiger partial charge in [0.2, 0.25) is 0 Å². The first-order chi connectivity index (χ1) is 10.5. The van der Waals surface area contributed by atoms with Crippen molar-refractivity contribution in [1.82, 2.24) is 5.32 Å². The average molecular weight is 307 g/mol. The monoisotopic (exact) mass is 307 g/mol. The third-order valence-electron chi connectivity index (χ3n) is 3.49. The van der Waals surface area contributed by atoms with Gasteiger partial charge in [0.05, 0.1) is 0 Å². The van der Waals surface area contributed by atoms with E-state index in [0.717, 1.165) is 5.56 Å². The summed E-state index contributed by atoms with van der Waals surface area (Å²) < 4.78 is 10.3. The number of primary amides is 1. The molecule has 0 heterocycles. The molecular weight excluding hydrogens is 286 g/mol. The zero-order valence-corrected chi connectivity index (χ0v) is 12.2. The molecule has 2 rings (SSSR count).